The molecule has 0 aliphatic heterocycles. The van der Waals surface area contributed by atoms with Gasteiger partial charge in [0.1, 0.15) is 5.60 Å². The Labute approximate surface area is 84.4 Å². The minimum atomic E-state index is -1.18. The molecule has 1 unspecified atom stereocenters. The Balaban J connectivity index is 3.05. The third kappa shape index (κ3) is 1.69. The molecule has 0 bridgehead atoms. The van der Waals surface area contributed by atoms with Gasteiger partial charge < -0.3 is 10.2 Å². The smallest absolute Gasteiger partial charge is 0.306 e. The summed E-state index contributed by atoms with van der Waals surface area (Å²) in [4.78, 5) is 10.7. The molecular formula is C11H18O3. The molecule has 0 saturated heterocycles. The molecule has 0 spiro atoms. The third-order valence-electron chi connectivity index (χ3n) is 3.40. The highest BCUT2D eigenvalue weighted by Gasteiger charge is 2.47. The number of carboxylic acid groups (broad SMARTS) is 1. The largest absolute Gasteiger partial charge is 0.481 e. The average Bonchev–Trinajstić information content (AvgIpc) is 1.99. The summed E-state index contributed by atoms with van der Waals surface area (Å²) in [5, 5.41) is 19.2. The summed E-state index contributed by atoms with van der Waals surface area (Å²) in [6, 6.07) is 0. The predicted molar refractivity (Wildman–Crippen MR) is 54.0 cm³/mol. The van der Waals surface area contributed by atoms with E-state index >= 15 is 0 Å². The Bertz CT molecular complexity index is 278. The highest BCUT2D eigenvalue weighted by Crippen LogP contribution is 2.46. The van der Waals surface area contributed by atoms with Crippen LogP contribution in [0.1, 0.15) is 40.0 Å². The molecule has 1 rings (SSSR count). The van der Waals surface area contributed by atoms with Crippen molar-refractivity contribution in [3.63, 3.8) is 0 Å². The van der Waals surface area contributed by atoms with Gasteiger partial charge in [0.15, 0.2) is 0 Å². The van der Waals surface area contributed by atoms with Gasteiger partial charge in [0.05, 0.1) is 6.42 Å². The van der Waals surface area contributed by atoms with Gasteiger partial charge in [-0.25, -0.2) is 0 Å². The highest BCUT2D eigenvalue weighted by atomic mass is 16.4. The van der Waals surface area contributed by atoms with Crippen LogP contribution in [0.2, 0.25) is 0 Å². The van der Waals surface area contributed by atoms with Crippen molar-refractivity contribution >= 4 is 5.97 Å². The van der Waals surface area contributed by atoms with E-state index in [1.807, 2.05) is 26.8 Å². The molecule has 1 atom stereocenters. The molecule has 1 aliphatic carbocycles. The first kappa shape index (κ1) is 11.2. The summed E-state index contributed by atoms with van der Waals surface area (Å²) in [6.45, 7) is 5.66. The lowest BCUT2D eigenvalue weighted by Crippen LogP contribution is -2.49. The molecule has 0 aromatic heterocycles. The number of hydrogen-bond donors (Lipinski definition) is 2. The Hall–Kier alpha value is -0.830. The molecule has 80 valence electrons. The molecule has 0 amide bonds. The Morgan fingerprint density at radius 2 is 2.14 bits per heavy atom. The average molecular weight is 198 g/mol. The lowest BCUT2D eigenvalue weighted by Gasteiger charge is -2.45. The number of hydrogen-bond acceptors (Lipinski definition) is 2. The summed E-state index contributed by atoms with van der Waals surface area (Å²) in [5.74, 6) is -0.949. The van der Waals surface area contributed by atoms with Crippen LogP contribution in [0.5, 0.6) is 0 Å². The van der Waals surface area contributed by atoms with Crippen LogP contribution in [0.15, 0.2) is 11.6 Å². The van der Waals surface area contributed by atoms with Gasteiger partial charge in [0.25, 0.3) is 0 Å². The van der Waals surface area contributed by atoms with Crippen molar-refractivity contribution in [2.24, 2.45) is 5.41 Å². The molecule has 0 aromatic rings. The fourth-order valence-corrected chi connectivity index (χ4v) is 2.16. The van der Waals surface area contributed by atoms with Crippen LogP contribution in [-0.4, -0.2) is 21.8 Å². The van der Waals surface area contributed by atoms with Crippen LogP contribution in [-0.2, 0) is 4.79 Å². The predicted octanol–water partition coefficient (Wildman–Crippen LogP) is 1.96. The number of carbonyl (C=O) groups is 1. The van der Waals surface area contributed by atoms with Crippen LogP contribution < -0.4 is 0 Å². The molecule has 1 aliphatic rings. The van der Waals surface area contributed by atoms with E-state index in [4.69, 9.17) is 5.11 Å². The lowest BCUT2D eigenvalue weighted by atomic mass is 9.64. The summed E-state index contributed by atoms with van der Waals surface area (Å²) in [7, 11) is 0. The van der Waals surface area contributed by atoms with E-state index in [0.29, 0.717) is 0 Å². The van der Waals surface area contributed by atoms with Gasteiger partial charge in [0, 0.05) is 0 Å². The van der Waals surface area contributed by atoms with E-state index in [9.17, 15) is 9.90 Å². The summed E-state index contributed by atoms with van der Waals surface area (Å²) < 4.78 is 0. The number of allylic oxidation sites excluding steroid dienone is 1. The van der Waals surface area contributed by atoms with Crippen LogP contribution in [0, 0.1) is 5.41 Å². The normalized spacial score (nSPS) is 31.0. The molecule has 0 aromatic carbocycles. The van der Waals surface area contributed by atoms with Crippen molar-refractivity contribution in [2.45, 2.75) is 45.6 Å². The number of rotatable bonds is 2. The second kappa shape index (κ2) is 3.39. The maximum atomic E-state index is 10.7. The molecule has 14 heavy (non-hydrogen) atoms. The molecule has 0 saturated carbocycles. The van der Waals surface area contributed by atoms with Gasteiger partial charge in [-0.15, -0.1) is 0 Å². The number of carboxylic acids is 1. The lowest BCUT2D eigenvalue weighted by molar-refractivity contribution is -0.146. The molecule has 0 heterocycles. The van der Waals surface area contributed by atoms with E-state index in [0.717, 1.165) is 18.4 Å². The minimum absolute atomic E-state index is 0.206. The number of aliphatic carboxylic acids is 1. The molecule has 2 N–H and O–H groups in total. The molecule has 0 fully saturated rings. The van der Waals surface area contributed by atoms with Crippen LogP contribution >= 0.6 is 0 Å². The standard InChI is InChI=1S/C11H18O3/c1-8-5-4-6-10(2,3)11(8,14)7-9(12)13/h5,14H,4,6-7H2,1-3H3,(H,12,13). The number of aliphatic hydroxyl groups is 1. The molecular weight excluding hydrogens is 180 g/mol. The van der Waals surface area contributed by atoms with Crippen LogP contribution in [0.4, 0.5) is 0 Å². The minimum Gasteiger partial charge on any atom is -0.481 e. The zero-order chi connectivity index (χ0) is 11.0. The van der Waals surface area contributed by atoms with E-state index in [1.54, 1.807) is 0 Å². The first-order chi connectivity index (χ1) is 6.29. The summed E-state index contributed by atoms with van der Waals surface area (Å²) in [6.07, 6.45) is 3.48. The quantitative estimate of drug-likeness (QED) is 0.667. The fourth-order valence-electron chi connectivity index (χ4n) is 2.16. The van der Waals surface area contributed by atoms with Gasteiger partial charge in [-0.3, -0.25) is 4.79 Å². The topological polar surface area (TPSA) is 57.5 Å². The SMILES string of the molecule is CC1=CCCC(C)(C)C1(O)CC(=O)O. The monoisotopic (exact) mass is 198 g/mol. The van der Waals surface area contributed by atoms with Gasteiger partial charge >= 0.3 is 5.97 Å². The fraction of sp³-hybridized carbons (Fsp3) is 0.727. The Kier molecular flexibility index (Phi) is 2.72. The Morgan fingerprint density at radius 1 is 1.57 bits per heavy atom. The van der Waals surface area contributed by atoms with Crippen molar-refractivity contribution in [1.29, 1.82) is 0 Å². The second-order valence-electron chi connectivity index (χ2n) is 4.74. The van der Waals surface area contributed by atoms with Crippen molar-refractivity contribution in [2.75, 3.05) is 0 Å². The van der Waals surface area contributed by atoms with Crippen LogP contribution in [0.3, 0.4) is 0 Å². The molecule has 3 heteroatoms. The van der Waals surface area contributed by atoms with Crippen molar-refractivity contribution in [3.05, 3.63) is 11.6 Å². The summed E-state index contributed by atoms with van der Waals surface area (Å²) in [5.41, 5.74) is -0.752. The highest BCUT2D eigenvalue weighted by molar-refractivity contribution is 5.69. The first-order valence-corrected chi connectivity index (χ1v) is 4.91. The van der Waals surface area contributed by atoms with E-state index in [2.05, 4.69) is 0 Å². The van der Waals surface area contributed by atoms with Gasteiger partial charge in [-0.1, -0.05) is 19.9 Å². The zero-order valence-corrected chi connectivity index (χ0v) is 9.00. The summed E-state index contributed by atoms with van der Waals surface area (Å²) >= 11 is 0. The van der Waals surface area contributed by atoms with E-state index < -0.39 is 11.6 Å². The molecule has 0 radical (unpaired) electrons. The second-order valence-corrected chi connectivity index (χ2v) is 4.74. The van der Waals surface area contributed by atoms with Gasteiger partial charge in [0.2, 0.25) is 0 Å². The third-order valence-corrected chi connectivity index (χ3v) is 3.40. The maximum Gasteiger partial charge on any atom is 0.306 e. The van der Waals surface area contributed by atoms with Crippen molar-refractivity contribution < 1.29 is 15.0 Å². The van der Waals surface area contributed by atoms with Crippen molar-refractivity contribution in [3.8, 4) is 0 Å². The van der Waals surface area contributed by atoms with Gasteiger partial charge in [-0.05, 0) is 30.8 Å². The molecule has 3 nitrogen and oxygen atoms in total. The van der Waals surface area contributed by atoms with Crippen LogP contribution in [0.25, 0.3) is 0 Å². The first-order valence-electron chi connectivity index (χ1n) is 4.91. The van der Waals surface area contributed by atoms with E-state index in [-0.39, 0.29) is 11.8 Å². The Morgan fingerprint density at radius 3 is 2.57 bits per heavy atom. The van der Waals surface area contributed by atoms with Gasteiger partial charge in [-0.2, -0.15) is 0 Å². The zero-order valence-electron chi connectivity index (χ0n) is 9.00. The van der Waals surface area contributed by atoms with E-state index in [1.165, 1.54) is 0 Å². The van der Waals surface area contributed by atoms with Crippen molar-refractivity contribution in [1.82, 2.24) is 0 Å². The maximum absolute atomic E-state index is 10.7.